The molecule has 4 heteroatoms. The number of rotatable bonds is 5. The molecule has 4 nitrogen and oxygen atoms in total. The van der Waals surface area contributed by atoms with Crippen LogP contribution in [0.15, 0.2) is 30.6 Å². The number of imidazole rings is 1. The van der Waals surface area contributed by atoms with E-state index in [1.807, 2.05) is 23.9 Å². The fourth-order valence-corrected chi connectivity index (χ4v) is 2.03. The summed E-state index contributed by atoms with van der Waals surface area (Å²) in [6, 6.07) is 6.29. The molecule has 0 spiro atoms. The number of aryl methyl sites for hydroxylation is 2. The number of aromatic nitrogens is 2. The molecule has 0 amide bonds. The Balaban J connectivity index is 2.09. The highest BCUT2D eigenvalue weighted by Gasteiger charge is 2.12. The predicted molar refractivity (Wildman–Crippen MR) is 85.3 cm³/mol. The topological polar surface area (TPSA) is 39.1 Å². The largest absolute Gasteiger partial charge is 0.485 e. The summed E-state index contributed by atoms with van der Waals surface area (Å²) < 4.78 is 7.93. The summed E-state index contributed by atoms with van der Waals surface area (Å²) in [7, 11) is 1.98. The van der Waals surface area contributed by atoms with Crippen LogP contribution in [0.5, 0.6) is 5.75 Å². The first-order chi connectivity index (χ1) is 9.85. The molecule has 1 N–H and O–H groups in total. The van der Waals surface area contributed by atoms with Gasteiger partial charge >= 0.3 is 0 Å². The van der Waals surface area contributed by atoms with E-state index in [0.29, 0.717) is 6.61 Å². The van der Waals surface area contributed by atoms with E-state index in [0.717, 1.165) is 18.1 Å². The second kappa shape index (κ2) is 6.31. The smallest absolute Gasteiger partial charge is 0.146 e. The van der Waals surface area contributed by atoms with Crippen molar-refractivity contribution in [2.75, 3.05) is 0 Å². The molecular formula is C17H25N3O. The van der Waals surface area contributed by atoms with E-state index in [9.17, 15) is 0 Å². The van der Waals surface area contributed by atoms with Crippen molar-refractivity contribution in [2.24, 2.45) is 7.05 Å². The minimum atomic E-state index is 0.0840. The lowest BCUT2D eigenvalue weighted by Gasteiger charge is -2.22. The van der Waals surface area contributed by atoms with Crippen molar-refractivity contribution in [1.82, 2.24) is 14.9 Å². The fraction of sp³-hybridized carbons (Fsp3) is 0.471. The van der Waals surface area contributed by atoms with Crippen LogP contribution < -0.4 is 10.1 Å². The molecule has 0 atom stereocenters. The summed E-state index contributed by atoms with van der Waals surface area (Å²) in [6.07, 6.45) is 3.71. The summed E-state index contributed by atoms with van der Waals surface area (Å²) in [5.74, 6) is 1.84. The molecule has 0 saturated heterocycles. The molecule has 0 aliphatic rings. The molecule has 114 valence electrons. The maximum absolute atomic E-state index is 5.96. The van der Waals surface area contributed by atoms with E-state index in [1.165, 1.54) is 11.1 Å². The van der Waals surface area contributed by atoms with Crippen molar-refractivity contribution in [1.29, 1.82) is 0 Å². The Labute approximate surface area is 127 Å². The number of nitrogens with one attached hydrogen (secondary N) is 1. The maximum Gasteiger partial charge on any atom is 0.146 e. The third-order valence-corrected chi connectivity index (χ3v) is 3.30. The molecule has 0 bridgehead atoms. The van der Waals surface area contributed by atoms with Gasteiger partial charge in [-0.2, -0.15) is 0 Å². The van der Waals surface area contributed by atoms with Gasteiger partial charge in [0.2, 0.25) is 0 Å². The SMILES string of the molecule is Cc1ccc(OCc2nccn2C)c(CNC(C)(C)C)c1. The second-order valence-electron chi connectivity index (χ2n) is 6.46. The molecular weight excluding hydrogens is 262 g/mol. The first kappa shape index (κ1) is 15.6. The lowest BCUT2D eigenvalue weighted by Crippen LogP contribution is -2.35. The van der Waals surface area contributed by atoms with Crippen molar-refractivity contribution >= 4 is 0 Å². The van der Waals surface area contributed by atoms with Crippen molar-refractivity contribution in [3.05, 3.63) is 47.5 Å². The van der Waals surface area contributed by atoms with Crippen LogP contribution in [0.2, 0.25) is 0 Å². The van der Waals surface area contributed by atoms with E-state index in [1.54, 1.807) is 6.20 Å². The highest BCUT2D eigenvalue weighted by atomic mass is 16.5. The van der Waals surface area contributed by atoms with Gasteiger partial charge in [-0.25, -0.2) is 4.98 Å². The van der Waals surface area contributed by atoms with Gasteiger partial charge < -0.3 is 14.6 Å². The third kappa shape index (κ3) is 4.60. The Bertz CT molecular complexity index is 596. The minimum absolute atomic E-state index is 0.0840. The molecule has 21 heavy (non-hydrogen) atoms. The normalized spacial score (nSPS) is 11.7. The fourth-order valence-electron chi connectivity index (χ4n) is 2.03. The lowest BCUT2D eigenvalue weighted by atomic mass is 10.1. The summed E-state index contributed by atoms with van der Waals surface area (Å²) >= 11 is 0. The van der Waals surface area contributed by atoms with Gasteiger partial charge in [0.05, 0.1) is 0 Å². The monoisotopic (exact) mass is 287 g/mol. The van der Waals surface area contributed by atoms with E-state index in [-0.39, 0.29) is 5.54 Å². The first-order valence-electron chi connectivity index (χ1n) is 7.29. The van der Waals surface area contributed by atoms with Gasteiger partial charge in [-0.15, -0.1) is 0 Å². The van der Waals surface area contributed by atoms with Crippen LogP contribution in [0.1, 0.15) is 37.7 Å². The molecule has 0 unspecified atom stereocenters. The number of hydrogen-bond donors (Lipinski definition) is 1. The van der Waals surface area contributed by atoms with Crippen LogP contribution in [-0.2, 0) is 20.2 Å². The molecule has 0 aliphatic heterocycles. The Kier molecular flexibility index (Phi) is 4.68. The molecule has 0 saturated carbocycles. The zero-order chi connectivity index (χ0) is 15.5. The average Bonchev–Trinajstić information content (AvgIpc) is 2.80. The number of ether oxygens (including phenoxy) is 1. The molecule has 1 aromatic heterocycles. The Morgan fingerprint density at radius 3 is 2.67 bits per heavy atom. The highest BCUT2D eigenvalue weighted by Crippen LogP contribution is 2.21. The molecule has 1 aromatic carbocycles. The molecule has 0 fully saturated rings. The molecule has 1 heterocycles. The van der Waals surface area contributed by atoms with Crippen LogP contribution >= 0.6 is 0 Å². The zero-order valence-corrected chi connectivity index (χ0v) is 13.6. The Hall–Kier alpha value is -1.81. The van der Waals surface area contributed by atoms with Crippen molar-refractivity contribution in [3.8, 4) is 5.75 Å². The Morgan fingerprint density at radius 2 is 2.05 bits per heavy atom. The number of hydrogen-bond acceptors (Lipinski definition) is 3. The van der Waals surface area contributed by atoms with Gasteiger partial charge in [0.15, 0.2) is 0 Å². The van der Waals surface area contributed by atoms with E-state index >= 15 is 0 Å². The van der Waals surface area contributed by atoms with Gasteiger partial charge in [0, 0.05) is 37.1 Å². The van der Waals surface area contributed by atoms with Crippen molar-refractivity contribution < 1.29 is 4.74 Å². The molecule has 2 rings (SSSR count). The van der Waals surface area contributed by atoms with Crippen LogP contribution in [0.25, 0.3) is 0 Å². The van der Waals surface area contributed by atoms with Crippen LogP contribution in [0.4, 0.5) is 0 Å². The number of nitrogens with zero attached hydrogens (tertiary/aromatic N) is 2. The van der Waals surface area contributed by atoms with Gasteiger partial charge in [-0.05, 0) is 33.8 Å². The second-order valence-corrected chi connectivity index (χ2v) is 6.46. The Morgan fingerprint density at radius 1 is 1.29 bits per heavy atom. The van der Waals surface area contributed by atoms with E-state index in [4.69, 9.17) is 4.74 Å². The van der Waals surface area contributed by atoms with Gasteiger partial charge in [0.25, 0.3) is 0 Å². The summed E-state index contributed by atoms with van der Waals surface area (Å²) in [4.78, 5) is 4.29. The molecule has 0 aliphatic carbocycles. The summed E-state index contributed by atoms with van der Waals surface area (Å²) in [5, 5.41) is 3.51. The summed E-state index contributed by atoms with van der Waals surface area (Å²) in [5.41, 5.74) is 2.50. The van der Waals surface area contributed by atoms with E-state index in [2.05, 4.69) is 50.1 Å². The van der Waals surface area contributed by atoms with Gasteiger partial charge in [0.1, 0.15) is 18.2 Å². The summed E-state index contributed by atoms with van der Waals surface area (Å²) in [6.45, 7) is 9.87. The first-order valence-corrected chi connectivity index (χ1v) is 7.29. The van der Waals surface area contributed by atoms with Crippen molar-refractivity contribution in [2.45, 2.75) is 46.4 Å². The van der Waals surface area contributed by atoms with E-state index < -0.39 is 0 Å². The average molecular weight is 287 g/mol. The lowest BCUT2D eigenvalue weighted by molar-refractivity contribution is 0.286. The minimum Gasteiger partial charge on any atom is -0.485 e. The van der Waals surface area contributed by atoms with Crippen LogP contribution in [-0.4, -0.2) is 15.1 Å². The van der Waals surface area contributed by atoms with Crippen LogP contribution in [0, 0.1) is 6.92 Å². The van der Waals surface area contributed by atoms with Gasteiger partial charge in [-0.3, -0.25) is 0 Å². The van der Waals surface area contributed by atoms with Crippen LogP contribution in [0.3, 0.4) is 0 Å². The maximum atomic E-state index is 5.96. The highest BCUT2D eigenvalue weighted by molar-refractivity contribution is 5.37. The molecule has 2 aromatic rings. The zero-order valence-electron chi connectivity index (χ0n) is 13.6. The molecule has 0 radical (unpaired) electrons. The predicted octanol–water partition coefficient (Wildman–Crippen LogP) is 3.20. The van der Waals surface area contributed by atoms with Gasteiger partial charge in [-0.1, -0.05) is 17.7 Å². The quantitative estimate of drug-likeness (QED) is 0.918. The number of benzene rings is 1. The third-order valence-electron chi connectivity index (χ3n) is 3.30. The standard InChI is InChI=1S/C17H25N3O/c1-13-6-7-15(14(10-13)11-19-17(2,3)4)21-12-16-18-8-9-20(16)5/h6-10,19H,11-12H2,1-5H3. The van der Waals surface area contributed by atoms with Crippen molar-refractivity contribution in [3.63, 3.8) is 0 Å².